The molecule has 0 fully saturated rings. The van der Waals surface area contributed by atoms with Crippen LogP contribution in [0.5, 0.6) is 0 Å². The van der Waals surface area contributed by atoms with E-state index >= 15 is 13.2 Å². The van der Waals surface area contributed by atoms with Crippen molar-refractivity contribution in [2.75, 3.05) is 0 Å². The molecule has 7 aromatic carbocycles. The molecule has 0 unspecified atom stereocenters. The minimum Gasteiger partial charge on any atom is -0.308 e. The highest BCUT2D eigenvalue weighted by Crippen LogP contribution is 2.45. The summed E-state index contributed by atoms with van der Waals surface area (Å²) in [5, 5.41) is 11.5. The Morgan fingerprint density at radius 3 is 1.23 bits per heavy atom. The SMILES string of the molecule is N#Cc1ccc2c(c1)c1ccccc1n2-c1c(-c2nc(-c3ccccc3)cc(-c3ccccc3)n2)cc(C(F)(F)F)cc1-c1nc(-c2ccccc2)cc(-c2ccccc2)n1. The minimum atomic E-state index is -4.79. The van der Waals surface area contributed by atoms with Gasteiger partial charge < -0.3 is 4.57 Å². The van der Waals surface area contributed by atoms with E-state index in [1.807, 2.05) is 168 Å². The highest BCUT2D eigenvalue weighted by Gasteiger charge is 2.35. The van der Waals surface area contributed by atoms with Gasteiger partial charge in [0.2, 0.25) is 0 Å². The maximum atomic E-state index is 15.5. The second-order valence-corrected chi connectivity index (χ2v) is 14.5. The molecule has 0 saturated carbocycles. The van der Waals surface area contributed by atoms with Gasteiger partial charge in [0, 0.05) is 44.2 Å². The number of nitrogens with zero attached hydrogens (tertiary/aromatic N) is 6. The van der Waals surface area contributed by atoms with E-state index in [0.717, 1.165) is 45.2 Å². The van der Waals surface area contributed by atoms with E-state index in [-0.39, 0.29) is 22.8 Å². The average molecular weight is 797 g/mol. The zero-order valence-corrected chi connectivity index (χ0v) is 32.2. The maximum absolute atomic E-state index is 15.5. The summed E-state index contributed by atoms with van der Waals surface area (Å²) in [6.45, 7) is 0. The second-order valence-electron chi connectivity index (χ2n) is 14.5. The molecule has 10 rings (SSSR count). The molecule has 0 atom stereocenters. The first kappa shape index (κ1) is 37.1. The normalized spacial score (nSPS) is 11.5. The molecule has 61 heavy (non-hydrogen) atoms. The molecule has 3 aromatic heterocycles. The molecule has 6 nitrogen and oxygen atoms in total. The summed E-state index contributed by atoms with van der Waals surface area (Å²) >= 11 is 0. The fourth-order valence-electron chi connectivity index (χ4n) is 7.83. The lowest BCUT2D eigenvalue weighted by atomic mass is 9.98. The molecular formula is C52H31F3N6. The molecule has 0 spiro atoms. The molecule has 0 amide bonds. The Morgan fingerprint density at radius 1 is 0.426 bits per heavy atom. The van der Waals surface area contributed by atoms with E-state index in [4.69, 9.17) is 19.9 Å². The number of para-hydroxylation sites is 1. The summed E-state index contributed by atoms with van der Waals surface area (Å²) in [6, 6.07) is 59.2. The van der Waals surface area contributed by atoms with Crippen LogP contribution in [0.4, 0.5) is 13.2 Å². The molecule has 0 saturated heterocycles. The highest BCUT2D eigenvalue weighted by atomic mass is 19.4. The van der Waals surface area contributed by atoms with E-state index in [9.17, 15) is 5.26 Å². The number of fused-ring (bicyclic) bond motifs is 3. The molecule has 3 heterocycles. The van der Waals surface area contributed by atoms with Crippen LogP contribution >= 0.6 is 0 Å². The maximum Gasteiger partial charge on any atom is 0.416 e. The van der Waals surface area contributed by atoms with Crippen molar-refractivity contribution in [1.29, 1.82) is 5.26 Å². The van der Waals surface area contributed by atoms with Crippen molar-refractivity contribution >= 4 is 21.8 Å². The smallest absolute Gasteiger partial charge is 0.308 e. The minimum absolute atomic E-state index is 0.0737. The second kappa shape index (κ2) is 15.2. The molecule has 0 N–H and O–H groups in total. The van der Waals surface area contributed by atoms with Crippen LogP contribution in [0.15, 0.2) is 188 Å². The average Bonchev–Trinajstić information content (AvgIpc) is 3.64. The molecule has 0 bridgehead atoms. The van der Waals surface area contributed by atoms with Gasteiger partial charge in [-0.15, -0.1) is 0 Å². The summed E-state index contributed by atoms with van der Waals surface area (Å²) in [6.07, 6.45) is -4.79. The number of alkyl halides is 3. The number of nitriles is 1. The van der Waals surface area contributed by atoms with Gasteiger partial charge >= 0.3 is 6.18 Å². The van der Waals surface area contributed by atoms with Crippen molar-refractivity contribution < 1.29 is 13.2 Å². The number of hydrogen-bond acceptors (Lipinski definition) is 5. The summed E-state index contributed by atoms with van der Waals surface area (Å²) in [7, 11) is 0. The lowest BCUT2D eigenvalue weighted by Crippen LogP contribution is -2.11. The first-order chi connectivity index (χ1) is 29.8. The van der Waals surface area contributed by atoms with Crippen LogP contribution in [0.1, 0.15) is 11.1 Å². The van der Waals surface area contributed by atoms with Gasteiger partial charge in [0.1, 0.15) is 0 Å². The van der Waals surface area contributed by atoms with Crippen LogP contribution in [-0.4, -0.2) is 24.5 Å². The first-order valence-electron chi connectivity index (χ1n) is 19.5. The topological polar surface area (TPSA) is 80.3 Å². The Morgan fingerprint density at radius 2 is 0.820 bits per heavy atom. The fraction of sp³-hybridized carbons (Fsp3) is 0.0192. The van der Waals surface area contributed by atoms with Gasteiger partial charge in [-0.1, -0.05) is 140 Å². The Bertz CT molecular complexity index is 3020. The zero-order chi connectivity index (χ0) is 41.5. The van der Waals surface area contributed by atoms with Crippen molar-refractivity contribution in [3.05, 3.63) is 199 Å². The van der Waals surface area contributed by atoms with Gasteiger partial charge in [0.15, 0.2) is 11.6 Å². The van der Waals surface area contributed by atoms with Crippen molar-refractivity contribution in [3.63, 3.8) is 0 Å². The van der Waals surface area contributed by atoms with E-state index in [2.05, 4.69) is 6.07 Å². The van der Waals surface area contributed by atoms with Gasteiger partial charge in [-0.2, -0.15) is 18.4 Å². The van der Waals surface area contributed by atoms with Gasteiger partial charge in [-0.25, -0.2) is 19.9 Å². The molecule has 10 aromatic rings. The molecule has 0 aliphatic rings. The van der Waals surface area contributed by atoms with E-state index in [1.54, 1.807) is 12.1 Å². The molecule has 0 radical (unpaired) electrons. The van der Waals surface area contributed by atoms with Crippen LogP contribution in [0.3, 0.4) is 0 Å². The molecule has 0 aliphatic heterocycles. The van der Waals surface area contributed by atoms with Gasteiger partial charge in [0.25, 0.3) is 0 Å². The molecule has 9 heteroatoms. The molecule has 290 valence electrons. The Kier molecular flexibility index (Phi) is 9.23. The van der Waals surface area contributed by atoms with Gasteiger partial charge in [0.05, 0.1) is 56.7 Å². The van der Waals surface area contributed by atoms with Gasteiger partial charge in [-0.05, 0) is 48.5 Å². The zero-order valence-electron chi connectivity index (χ0n) is 32.2. The van der Waals surface area contributed by atoms with Crippen molar-refractivity contribution in [2.45, 2.75) is 6.18 Å². The largest absolute Gasteiger partial charge is 0.416 e. The lowest BCUT2D eigenvalue weighted by molar-refractivity contribution is -0.137. The Hall–Kier alpha value is -8.22. The standard InChI is InChI=1S/C52H31F3N6/c53-52(54,55)38-28-41(50-57-43(34-15-5-1-6-16-34)30-44(58-50)35-17-7-2-8-18-35)49(61-47-24-14-13-23-39(47)40-27-33(32-56)25-26-48(40)61)42(29-38)51-59-45(36-19-9-3-10-20-36)31-46(60-51)37-21-11-4-12-22-37/h1-31H. The van der Waals surface area contributed by atoms with Crippen LogP contribution < -0.4 is 0 Å². The van der Waals surface area contributed by atoms with Crippen LogP contribution in [0.2, 0.25) is 0 Å². The number of hydrogen-bond donors (Lipinski definition) is 0. The number of aromatic nitrogens is 5. The van der Waals surface area contributed by atoms with E-state index in [1.165, 1.54) is 0 Å². The summed E-state index contributed by atoms with van der Waals surface area (Å²) < 4.78 is 48.4. The van der Waals surface area contributed by atoms with Crippen LogP contribution in [0, 0.1) is 11.3 Å². The lowest BCUT2D eigenvalue weighted by Gasteiger charge is -2.21. The fourth-order valence-corrected chi connectivity index (χ4v) is 7.83. The third-order valence-corrected chi connectivity index (χ3v) is 10.7. The highest BCUT2D eigenvalue weighted by molar-refractivity contribution is 6.11. The van der Waals surface area contributed by atoms with Gasteiger partial charge in [-0.3, -0.25) is 0 Å². The third kappa shape index (κ3) is 6.96. The number of benzene rings is 7. The predicted molar refractivity (Wildman–Crippen MR) is 234 cm³/mol. The van der Waals surface area contributed by atoms with Crippen LogP contribution in [0.25, 0.3) is 95.3 Å². The molecular weight excluding hydrogens is 766 g/mol. The Balaban J connectivity index is 1.39. The van der Waals surface area contributed by atoms with E-state index in [0.29, 0.717) is 45.1 Å². The quantitative estimate of drug-likeness (QED) is 0.160. The first-order valence-corrected chi connectivity index (χ1v) is 19.5. The van der Waals surface area contributed by atoms with Crippen molar-refractivity contribution in [2.24, 2.45) is 0 Å². The molecule has 0 aliphatic carbocycles. The predicted octanol–water partition coefficient (Wildman–Crippen LogP) is 13.3. The van der Waals surface area contributed by atoms with Crippen molar-refractivity contribution in [3.8, 4) is 79.6 Å². The van der Waals surface area contributed by atoms with Crippen LogP contribution in [-0.2, 0) is 6.18 Å². The number of rotatable bonds is 7. The summed E-state index contributed by atoms with van der Waals surface area (Å²) in [5.74, 6) is 0.147. The summed E-state index contributed by atoms with van der Waals surface area (Å²) in [4.78, 5) is 20.3. The number of halogens is 3. The third-order valence-electron chi connectivity index (χ3n) is 10.7. The Labute approximate surface area is 348 Å². The monoisotopic (exact) mass is 796 g/mol. The van der Waals surface area contributed by atoms with Crippen molar-refractivity contribution in [1.82, 2.24) is 24.5 Å². The van der Waals surface area contributed by atoms with E-state index < -0.39 is 11.7 Å². The summed E-state index contributed by atoms with van der Waals surface area (Å²) in [5.41, 5.74) is 6.65.